The number of halogens is 2. The van der Waals surface area contributed by atoms with Gasteiger partial charge in [0.25, 0.3) is 0 Å². The van der Waals surface area contributed by atoms with E-state index in [9.17, 15) is 8.78 Å². The molecule has 0 fully saturated rings. The Hall–Kier alpha value is -0.220. The van der Waals surface area contributed by atoms with Gasteiger partial charge in [-0.1, -0.05) is 0 Å². The molecule has 0 aliphatic rings. The van der Waals surface area contributed by atoms with Gasteiger partial charge in [-0.3, -0.25) is 8.78 Å². The van der Waals surface area contributed by atoms with Crippen molar-refractivity contribution in [3.8, 4) is 0 Å². The molecule has 10 heavy (non-hydrogen) atoms. The molecule has 0 radical (unpaired) electrons. The van der Waals surface area contributed by atoms with Crippen molar-refractivity contribution in [3.05, 3.63) is 0 Å². The first kappa shape index (κ1) is 9.78. The Morgan fingerprint density at radius 1 is 1.30 bits per heavy atom. The van der Waals surface area contributed by atoms with Gasteiger partial charge in [-0.2, -0.15) is 0 Å². The Morgan fingerprint density at radius 3 is 2.30 bits per heavy atom. The van der Waals surface area contributed by atoms with E-state index in [0.717, 1.165) is 0 Å². The number of hydrogen-bond donors (Lipinski definition) is 1. The summed E-state index contributed by atoms with van der Waals surface area (Å²) in [6.07, 6.45) is 0. The van der Waals surface area contributed by atoms with E-state index in [1.807, 2.05) is 0 Å². The van der Waals surface area contributed by atoms with Gasteiger partial charge in [0.1, 0.15) is 0 Å². The Morgan fingerprint density at radius 2 is 1.90 bits per heavy atom. The maximum absolute atomic E-state index is 11.7. The van der Waals surface area contributed by atoms with Crippen molar-refractivity contribution in [3.63, 3.8) is 0 Å². The van der Waals surface area contributed by atoms with Gasteiger partial charge in [-0.05, 0) is 0 Å². The van der Waals surface area contributed by atoms with E-state index in [0.29, 0.717) is 0 Å². The third-order valence-electron chi connectivity index (χ3n) is 1.03. The van der Waals surface area contributed by atoms with Crippen LogP contribution in [0.5, 0.6) is 0 Å². The maximum Gasteiger partial charge on any atom is 0.0969 e. The van der Waals surface area contributed by atoms with Crippen LogP contribution in [0.3, 0.4) is 0 Å². The molecule has 0 heterocycles. The molecule has 0 amide bonds. The molecule has 0 aliphatic heterocycles. The van der Waals surface area contributed by atoms with Gasteiger partial charge in [0.05, 0.1) is 33.2 Å². The maximum atomic E-state index is 11.7. The van der Waals surface area contributed by atoms with Crippen LogP contribution in [-0.4, -0.2) is 38.3 Å². The van der Waals surface area contributed by atoms with E-state index in [1.54, 1.807) is 0 Å². The quantitative estimate of drug-likeness (QED) is 0.566. The van der Waals surface area contributed by atoms with Gasteiger partial charge in [0.2, 0.25) is 0 Å². The number of ether oxygens (including phenoxy) is 1. The lowest BCUT2D eigenvalue weighted by molar-refractivity contribution is 0.0539. The molecule has 1 N–H and O–H groups in total. The molecule has 0 aromatic carbocycles. The fourth-order valence-corrected chi connectivity index (χ4v) is 0.445. The lowest BCUT2D eigenvalue weighted by atomic mass is 10.2. The average Bonchev–Trinajstić information content (AvgIpc) is 1.99. The van der Waals surface area contributed by atoms with Gasteiger partial charge in [0, 0.05) is 5.92 Å². The summed E-state index contributed by atoms with van der Waals surface area (Å²) in [4.78, 5) is 0. The molecule has 62 valence electrons. The van der Waals surface area contributed by atoms with E-state index < -0.39 is 19.3 Å². The summed E-state index contributed by atoms with van der Waals surface area (Å²) in [5.74, 6) is -0.661. The highest BCUT2D eigenvalue weighted by molar-refractivity contribution is 4.52. The van der Waals surface area contributed by atoms with Crippen molar-refractivity contribution in [2.75, 3.05) is 33.2 Å². The van der Waals surface area contributed by atoms with E-state index in [4.69, 9.17) is 9.84 Å². The largest absolute Gasteiger partial charge is 0.394 e. The van der Waals surface area contributed by atoms with Crippen LogP contribution >= 0.6 is 0 Å². The minimum absolute atomic E-state index is 0.0492. The second-order valence-electron chi connectivity index (χ2n) is 1.97. The zero-order valence-electron chi connectivity index (χ0n) is 5.72. The van der Waals surface area contributed by atoms with Gasteiger partial charge in [-0.25, -0.2) is 0 Å². The van der Waals surface area contributed by atoms with Crippen molar-refractivity contribution >= 4 is 0 Å². The van der Waals surface area contributed by atoms with Crippen molar-refractivity contribution in [2.24, 2.45) is 5.92 Å². The fraction of sp³-hybridized carbons (Fsp3) is 1.00. The first-order valence-electron chi connectivity index (χ1n) is 3.15. The van der Waals surface area contributed by atoms with Gasteiger partial charge >= 0.3 is 0 Å². The number of alkyl halides is 2. The standard InChI is InChI=1S/C6H12F2O2/c7-3-6(4-8)5-10-2-1-9/h6,9H,1-5H2. The summed E-state index contributed by atoms with van der Waals surface area (Å²) >= 11 is 0. The normalized spacial score (nSPS) is 10.8. The molecule has 0 saturated carbocycles. The Kier molecular flexibility index (Phi) is 6.74. The van der Waals surface area contributed by atoms with Crippen molar-refractivity contribution in [1.29, 1.82) is 0 Å². The number of rotatable bonds is 6. The van der Waals surface area contributed by atoms with E-state index in [1.165, 1.54) is 0 Å². The molecule has 0 atom stereocenters. The molecule has 4 heteroatoms. The molecule has 0 spiro atoms. The van der Waals surface area contributed by atoms with E-state index in [2.05, 4.69) is 0 Å². The van der Waals surface area contributed by atoms with Gasteiger partial charge in [0.15, 0.2) is 0 Å². The van der Waals surface area contributed by atoms with Crippen LogP contribution in [0.1, 0.15) is 0 Å². The number of hydrogen-bond acceptors (Lipinski definition) is 2. The minimum Gasteiger partial charge on any atom is -0.394 e. The molecule has 0 rings (SSSR count). The third-order valence-corrected chi connectivity index (χ3v) is 1.03. The van der Waals surface area contributed by atoms with E-state index >= 15 is 0 Å². The lowest BCUT2D eigenvalue weighted by Crippen LogP contribution is -2.15. The molecule has 0 unspecified atom stereocenters. The second kappa shape index (κ2) is 6.89. The Bertz CT molecular complexity index is 66.8. The Labute approximate surface area is 58.8 Å². The molecule has 0 bridgehead atoms. The van der Waals surface area contributed by atoms with Crippen LogP contribution in [0, 0.1) is 5.92 Å². The molecule has 0 aromatic heterocycles. The summed E-state index contributed by atoms with van der Waals surface area (Å²) in [5.41, 5.74) is 0. The van der Waals surface area contributed by atoms with Crippen molar-refractivity contribution < 1.29 is 18.6 Å². The highest BCUT2D eigenvalue weighted by atomic mass is 19.1. The molecule has 2 nitrogen and oxygen atoms in total. The summed E-state index contributed by atoms with van der Waals surface area (Å²) in [5, 5.41) is 8.21. The highest BCUT2D eigenvalue weighted by Gasteiger charge is 2.06. The SMILES string of the molecule is OCCOCC(CF)CF. The lowest BCUT2D eigenvalue weighted by Gasteiger charge is -2.07. The van der Waals surface area contributed by atoms with Gasteiger partial charge in [-0.15, -0.1) is 0 Å². The summed E-state index contributed by atoms with van der Waals surface area (Å²) < 4.78 is 28.1. The predicted octanol–water partition coefficient (Wildman–Crippen LogP) is 0.550. The first-order chi connectivity index (χ1) is 4.85. The van der Waals surface area contributed by atoms with E-state index in [-0.39, 0.29) is 19.8 Å². The molecular weight excluding hydrogens is 142 g/mol. The van der Waals surface area contributed by atoms with Crippen LogP contribution < -0.4 is 0 Å². The molecule has 0 aliphatic carbocycles. The third kappa shape index (κ3) is 4.64. The molecule has 0 aromatic rings. The topological polar surface area (TPSA) is 29.5 Å². The summed E-state index contributed by atoms with van der Waals surface area (Å²) in [6, 6.07) is 0. The van der Waals surface area contributed by atoms with Crippen molar-refractivity contribution in [1.82, 2.24) is 0 Å². The monoisotopic (exact) mass is 154 g/mol. The average molecular weight is 154 g/mol. The highest BCUT2D eigenvalue weighted by Crippen LogP contribution is 1.98. The van der Waals surface area contributed by atoms with Crippen LogP contribution in [0.15, 0.2) is 0 Å². The van der Waals surface area contributed by atoms with Crippen LogP contribution in [0.2, 0.25) is 0 Å². The summed E-state index contributed by atoms with van der Waals surface area (Å²) in [6.45, 7) is -1.32. The van der Waals surface area contributed by atoms with Crippen LogP contribution in [0.4, 0.5) is 8.78 Å². The number of aliphatic hydroxyl groups is 1. The smallest absolute Gasteiger partial charge is 0.0969 e. The fourth-order valence-electron chi connectivity index (χ4n) is 0.445. The van der Waals surface area contributed by atoms with Crippen LogP contribution in [0.25, 0.3) is 0 Å². The molecule has 0 saturated heterocycles. The predicted molar refractivity (Wildman–Crippen MR) is 33.3 cm³/mol. The van der Waals surface area contributed by atoms with Crippen LogP contribution in [-0.2, 0) is 4.74 Å². The molecular formula is C6H12F2O2. The zero-order chi connectivity index (χ0) is 7.82. The minimum atomic E-state index is -0.706. The second-order valence-corrected chi connectivity index (χ2v) is 1.97. The van der Waals surface area contributed by atoms with Crippen molar-refractivity contribution in [2.45, 2.75) is 0 Å². The zero-order valence-corrected chi connectivity index (χ0v) is 5.72. The van der Waals surface area contributed by atoms with Gasteiger partial charge < -0.3 is 9.84 Å². The summed E-state index contributed by atoms with van der Waals surface area (Å²) in [7, 11) is 0. The number of aliphatic hydroxyl groups excluding tert-OH is 1. The Balaban J connectivity index is 3.09. The first-order valence-corrected chi connectivity index (χ1v) is 3.15.